The van der Waals surface area contributed by atoms with Gasteiger partial charge in [0, 0.05) is 25.3 Å². The molecule has 1 aromatic rings. The molecular weight excluding hydrogens is 316 g/mol. The van der Waals surface area contributed by atoms with E-state index in [4.69, 9.17) is 15.2 Å². The van der Waals surface area contributed by atoms with Gasteiger partial charge in [-0.25, -0.2) is 0 Å². The van der Waals surface area contributed by atoms with E-state index in [0.29, 0.717) is 39.2 Å². The van der Waals surface area contributed by atoms with Crippen LogP contribution in [0.25, 0.3) is 0 Å². The summed E-state index contributed by atoms with van der Waals surface area (Å²) < 4.78 is 11.0. The summed E-state index contributed by atoms with van der Waals surface area (Å²) in [6.07, 6.45) is 1.35. The minimum absolute atomic E-state index is 0. The van der Waals surface area contributed by atoms with Gasteiger partial charge in [0.15, 0.2) is 0 Å². The topological polar surface area (TPSA) is 73.6 Å². The smallest absolute Gasteiger partial charge is 0.228 e. The molecule has 1 amide bonds. The molecule has 1 aliphatic rings. The lowest BCUT2D eigenvalue weighted by molar-refractivity contribution is -0.136. The van der Waals surface area contributed by atoms with Gasteiger partial charge in [-0.2, -0.15) is 0 Å². The van der Waals surface area contributed by atoms with Gasteiger partial charge in [0.05, 0.1) is 18.1 Å². The molecule has 130 valence electrons. The first kappa shape index (κ1) is 19.7. The van der Waals surface area contributed by atoms with Crippen molar-refractivity contribution in [3.63, 3.8) is 0 Å². The first-order valence-electron chi connectivity index (χ1n) is 7.93. The Bertz CT molecular complexity index is 504. The molecule has 0 aromatic heterocycles. The van der Waals surface area contributed by atoms with Gasteiger partial charge in [0.2, 0.25) is 5.91 Å². The van der Waals surface area contributed by atoms with Gasteiger partial charge in [0.25, 0.3) is 0 Å². The van der Waals surface area contributed by atoms with Crippen molar-refractivity contribution in [2.75, 3.05) is 26.4 Å². The molecule has 2 rings (SSSR count). The molecule has 0 spiro atoms. The van der Waals surface area contributed by atoms with Crippen LogP contribution in [0.5, 0.6) is 5.75 Å². The maximum absolute atomic E-state index is 12.7. The van der Waals surface area contributed by atoms with E-state index in [0.717, 1.165) is 11.3 Å². The fourth-order valence-electron chi connectivity index (χ4n) is 2.84. The van der Waals surface area contributed by atoms with Crippen LogP contribution in [0.1, 0.15) is 38.3 Å². The zero-order chi connectivity index (χ0) is 16.0. The standard InChI is InChI=1S/C17H26N2O3.ClH/c1-3-22-15-7-5-4-6-14(15)13(2)19-16(20)17(12-18)8-10-21-11-9-17;/h4-7,13H,3,8-12,18H2,1-2H3,(H,19,20);1H. The molecule has 5 nitrogen and oxygen atoms in total. The second kappa shape index (κ2) is 9.11. The number of nitrogens with one attached hydrogen (secondary N) is 1. The van der Waals surface area contributed by atoms with Crippen molar-refractivity contribution >= 4 is 18.3 Å². The number of amides is 1. The zero-order valence-electron chi connectivity index (χ0n) is 13.8. The average Bonchev–Trinajstić information content (AvgIpc) is 2.56. The van der Waals surface area contributed by atoms with E-state index in [2.05, 4.69) is 5.32 Å². The van der Waals surface area contributed by atoms with Crippen molar-refractivity contribution in [3.05, 3.63) is 29.8 Å². The van der Waals surface area contributed by atoms with Gasteiger partial charge in [-0.1, -0.05) is 18.2 Å². The number of hydrogen-bond acceptors (Lipinski definition) is 4. The number of benzene rings is 1. The second-order valence-electron chi connectivity index (χ2n) is 5.76. The lowest BCUT2D eigenvalue weighted by atomic mass is 9.79. The summed E-state index contributed by atoms with van der Waals surface area (Å²) >= 11 is 0. The molecule has 6 heteroatoms. The predicted molar refractivity (Wildman–Crippen MR) is 93.0 cm³/mol. The fourth-order valence-corrected chi connectivity index (χ4v) is 2.84. The third kappa shape index (κ3) is 4.59. The van der Waals surface area contributed by atoms with E-state index in [1.54, 1.807) is 0 Å². The van der Waals surface area contributed by atoms with Gasteiger partial charge in [-0.3, -0.25) is 4.79 Å². The second-order valence-corrected chi connectivity index (χ2v) is 5.76. The van der Waals surface area contributed by atoms with E-state index in [1.165, 1.54) is 0 Å². The molecule has 0 bridgehead atoms. The van der Waals surface area contributed by atoms with Crippen LogP contribution in [0, 0.1) is 5.41 Å². The van der Waals surface area contributed by atoms with Crippen LogP contribution >= 0.6 is 12.4 Å². The van der Waals surface area contributed by atoms with Crippen LogP contribution in [-0.4, -0.2) is 32.3 Å². The summed E-state index contributed by atoms with van der Waals surface area (Å²) in [5, 5.41) is 3.10. The third-order valence-corrected chi connectivity index (χ3v) is 4.36. The summed E-state index contributed by atoms with van der Waals surface area (Å²) in [5.41, 5.74) is 6.37. The Morgan fingerprint density at radius 2 is 2.04 bits per heavy atom. The minimum Gasteiger partial charge on any atom is -0.494 e. The van der Waals surface area contributed by atoms with E-state index in [9.17, 15) is 4.79 Å². The third-order valence-electron chi connectivity index (χ3n) is 4.36. The number of rotatable bonds is 6. The Labute approximate surface area is 144 Å². The van der Waals surface area contributed by atoms with Crippen molar-refractivity contribution in [2.24, 2.45) is 11.1 Å². The van der Waals surface area contributed by atoms with E-state index in [1.807, 2.05) is 38.1 Å². The highest BCUT2D eigenvalue weighted by atomic mass is 35.5. The van der Waals surface area contributed by atoms with E-state index >= 15 is 0 Å². The van der Waals surface area contributed by atoms with E-state index < -0.39 is 5.41 Å². The van der Waals surface area contributed by atoms with Gasteiger partial charge in [-0.05, 0) is 32.8 Å². The number of hydrogen-bond donors (Lipinski definition) is 2. The molecule has 1 heterocycles. The lowest BCUT2D eigenvalue weighted by Gasteiger charge is -2.35. The molecule has 1 fully saturated rings. The first-order chi connectivity index (χ1) is 10.6. The van der Waals surface area contributed by atoms with Gasteiger partial charge >= 0.3 is 0 Å². The van der Waals surface area contributed by atoms with Crippen LogP contribution in [-0.2, 0) is 9.53 Å². The highest BCUT2D eigenvalue weighted by molar-refractivity contribution is 5.85. The summed E-state index contributed by atoms with van der Waals surface area (Å²) in [4.78, 5) is 12.7. The number of carbonyl (C=O) groups excluding carboxylic acids is 1. The van der Waals surface area contributed by atoms with Crippen LogP contribution < -0.4 is 15.8 Å². The first-order valence-corrected chi connectivity index (χ1v) is 7.93. The Kier molecular flexibility index (Phi) is 7.82. The van der Waals surface area contributed by atoms with Crippen LogP contribution in [0.2, 0.25) is 0 Å². The van der Waals surface area contributed by atoms with Crippen molar-refractivity contribution in [1.82, 2.24) is 5.32 Å². The molecule has 0 radical (unpaired) electrons. The zero-order valence-corrected chi connectivity index (χ0v) is 14.7. The number of para-hydroxylation sites is 1. The van der Waals surface area contributed by atoms with Crippen LogP contribution in [0.3, 0.4) is 0 Å². The summed E-state index contributed by atoms with van der Waals surface area (Å²) in [6, 6.07) is 7.67. The predicted octanol–water partition coefficient (Wildman–Crippen LogP) is 2.44. The summed E-state index contributed by atoms with van der Waals surface area (Å²) in [5.74, 6) is 0.823. The molecule has 1 atom stereocenters. The largest absolute Gasteiger partial charge is 0.494 e. The molecule has 3 N–H and O–H groups in total. The maximum atomic E-state index is 12.7. The molecular formula is C17H27ClN2O3. The Morgan fingerprint density at radius 1 is 1.39 bits per heavy atom. The Balaban J connectivity index is 0.00000264. The Morgan fingerprint density at radius 3 is 2.65 bits per heavy atom. The number of halogens is 1. The van der Waals surface area contributed by atoms with Crippen molar-refractivity contribution in [3.8, 4) is 5.75 Å². The van der Waals surface area contributed by atoms with Gasteiger partial charge < -0.3 is 20.5 Å². The summed E-state index contributed by atoms with van der Waals surface area (Å²) in [7, 11) is 0. The lowest BCUT2D eigenvalue weighted by Crippen LogP contribution is -2.49. The minimum atomic E-state index is -0.507. The fraction of sp³-hybridized carbons (Fsp3) is 0.588. The highest BCUT2D eigenvalue weighted by Crippen LogP contribution is 2.31. The Hall–Kier alpha value is -1.30. The number of ether oxygens (including phenoxy) is 2. The number of nitrogens with two attached hydrogens (primary N) is 1. The quantitative estimate of drug-likeness (QED) is 0.832. The molecule has 0 aliphatic carbocycles. The van der Waals surface area contributed by atoms with Crippen molar-refractivity contribution < 1.29 is 14.3 Å². The van der Waals surface area contributed by atoms with Gasteiger partial charge in [0.1, 0.15) is 5.75 Å². The molecule has 0 saturated carbocycles. The van der Waals surface area contributed by atoms with Crippen LogP contribution in [0.4, 0.5) is 0 Å². The average molecular weight is 343 g/mol. The van der Waals surface area contributed by atoms with Crippen molar-refractivity contribution in [1.29, 1.82) is 0 Å². The number of carbonyl (C=O) groups is 1. The molecule has 1 aliphatic heterocycles. The monoisotopic (exact) mass is 342 g/mol. The molecule has 1 unspecified atom stereocenters. The van der Waals surface area contributed by atoms with Crippen LogP contribution in [0.15, 0.2) is 24.3 Å². The molecule has 23 heavy (non-hydrogen) atoms. The highest BCUT2D eigenvalue weighted by Gasteiger charge is 2.39. The molecule has 1 saturated heterocycles. The maximum Gasteiger partial charge on any atom is 0.228 e. The van der Waals surface area contributed by atoms with Gasteiger partial charge in [-0.15, -0.1) is 12.4 Å². The van der Waals surface area contributed by atoms with Crippen molar-refractivity contribution in [2.45, 2.75) is 32.7 Å². The van der Waals surface area contributed by atoms with E-state index in [-0.39, 0.29) is 24.4 Å². The summed E-state index contributed by atoms with van der Waals surface area (Å²) in [6.45, 7) is 6.05. The molecule has 1 aromatic carbocycles. The SMILES string of the molecule is CCOc1ccccc1C(C)NC(=O)C1(CN)CCOCC1.Cl. The normalized spacial score (nSPS) is 17.7.